The number of nitrogens with one attached hydrogen (secondary N) is 1. The maximum Gasteiger partial charge on any atom is 0.0234 e. The molecule has 0 aromatic heterocycles. The van der Waals surface area contributed by atoms with Gasteiger partial charge in [0.1, 0.15) is 0 Å². The van der Waals surface area contributed by atoms with Crippen molar-refractivity contribution in [3.63, 3.8) is 0 Å². The Labute approximate surface area is 117 Å². The molecule has 0 aliphatic carbocycles. The number of hydrogen-bond donors (Lipinski definition) is 1. The van der Waals surface area contributed by atoms with Gasteiger partial charge in [-0.2, -0.15) is 0 Å². The van der Waals surface area contributed by atoms with Crippen LogP contribution >= 0.6 is 12.4 Å². The highest BCUT2D eigenvalue weighted by Crippen LogP contribution is 2.17. The average Bonchev–Trinajstić information content (AvgIpc) is 2.77. The Kier molecular flexibility index (Phi) is 6.13. The van der Waals surface area contributed by atoms with Crippen LogP contribution in [0.1, 0.15) is 37.3 Å². The number of likely N-dealkylation sites (tertiary alicyclic amines) is 1. The predicted molar refractivity (Wildman–Crippen MR) is 80.5 cm³/mol. The number of halogens is 1. The summed E-state index contributed by atoms with van der Waals surface area (Å²) in [5.74, 6) is 0.629. The predicted octanol–water partition coefficient (Wildman–Crippen LogP) is 3.03. The van der Waals surface area contributed by atoms with Gasteiger partial charge in [-0.05, 0) is 30.5 Å². The molecule has 1 aliphatic heterocycles. The lowest BCUT2D eigenvalue weighted by Gasteiger charge is -2.16. The summed E-state index contributed by atoms with van der Waals surface area (Å²) in [7, 11) is 2.06. The van der Waals surface area contributed by atoms with Gasteiger partial charge in [0.25, 0.3) is 0 Å². The second kappa shape index (κ2) is 7.13. The summed E-state index contributed by atoms with van der Waals surface area (Å²) in [6.07, 6.45) is 1.28. The van der Waals surface area contributed by atoms with Gasteiger partial charge in [-0.15, -0.1) is 12.4 Å². The number of benzene rings is 1. The van der Waals surface area contributed by atoms with Crippen molar-refractivity contribution in [3.8, 4) is 0 Å². The topological polar surface area (TPSA) is 15.3 Å². The highest BCUT2D eigenvalue weighted by atomic mass is 35.5. The zero-order valence-electron chi connectivity index (χ0n) is 11.6. The van der Waals surface area contributed by atoms with Crippen LogP contribution in [0.15, 0.2) is 24.3 Å². The first kappa shape index (κ1) is 15.5. The van der Waals surface area contributed by atoms with E-state index in [4.69, 9.17) is 0 Å². The van der Waals surface area contributed by atoms with Gasteiger partial charge in [-0.3, -0.25) is 4.90 Å². The standard InChI is InChI=1S/C15H24N2.ClH/c1-12(2)14-6-4-13(5-7-14)10-17-9-8-15(11-17)16-3;/h4-7,12,15-16H,8-11H2,1-3H3;1H. The van der Waals surface area contributed by atoms with E-state index in [0.717, 1.165) is 6.54 Å². The number of hydrogen-bond acceptors (Lipinski definition) is 2. The first-order valence-corrected chi connectivity index (χ1v) is 6.67. The van der Waals surface area contributed by atoms with Crippen molar-refractivity contribution in [2.24, 2.45) is 0 Å². The number of rotatable bonds is 4. The molecule has 1 heterocycles. The minimum Gasteiger partial charge on any atom is -0.316 e. The van der Waals surface area contributed by atoms with Gasteiger partial charge in [-0.1, -0.05) is 38.1 Å². The van der Waals surface area contributed by atoms with Crippen LogP contribution < -0.4 is 5.32 Å². The Morgan fingerprint density at radius 1 is 1.28 bits per heavy atom. The van der Waals surface area contributed by atoms with E-state index in [1.165, 1.54) is 30.6 Å². The Bertz CT molecular complexity index is 348. The molecule has 102 valence electrons. The van der Waals surface area contributed by atoms with E-state index in [1.54, 1.807) is 0 Å². The quantitative estimate of drug-likeness (QED) is 0.903. The molecule has 0 bridgehead atoms. The highest BCUT2D eigenvalue weighted by Gasteiger charge is 2.20. The number of nitrogens with zero attached hydrogens (tertiary/aromatic N) is 1. The first-order chi connectivity index (χ1) is 8.19. The molecule has 18 heavy (non-hydrogen) atoms. The summed E-state index contributed by atoms with van der Waals surface area (Å²) in [6.45, 7) is 7.98. The molecule has 1 aromatic rings. The molecule has 0 saturated carbocycles. The van der Waals surface area contributed by atoms with E-state index in [2.05, 4.69) is 55.4 Å². The smallest absolute Gasteiger partial charge is 0.0234 e. The molecular formula is C15H25ClN2. The van der Waals surface area contributed by atoms with E-state index in [0.29, 0.717) is 12.0 Å². The van der Waals surface area contributed by atoms with Gasteiger partial charge < -0.3 is 5.32 Å². The monoisotopic (exact) mass is 268 g/mol. The zero-order valence-corrected chi connectivity index (χ0v) is 12.5. The third-order valence-corrected chi connectivity index (χ3v) is 3.73. The highest BCUT2D eigenvalue weighted by molar-refractivity contribution is 5.85. The number of likely N-dealkylation sites (N-methyl/N-ethyl adjacent to an activating group) is 1. The van der Waals surface area contributed by atoms with Gasteiger partial charge in [0, 0.05) is 25.7 Å². The van der Waals surface area contributed by atoms with Gasteiger partial charge in [0.15, 0.2) is 0 Å². The van der Waals surface area contributed by atoms with Gasteiger partial charge in [0.2, 0.25) is 0 Å². The fraction of sp³-hybridized carbons (Fsp3) is 0.600. The SMILES string of the molecule is CNC1CCN(Cc2ccc(C(C)C)cc2)C1.Cl. The van der Waals surface area contributed by atoms with Crippen LogP contribution in [-0.4, -0.2) is 31.1 Å². The normalized spacial score (nSPS) is 20.1. The van der Waals surface area contributed by atoms with Gasteiger partial charge >= 0.3 is 0 Å². The molecule has 1 unspecified atom stereocenters. The lowest BCUT2D eigenvalue weighted by atomic mass is 10.0. The third-order valence-electron chi connectivity index (χ3n) is 3.73. The fourth-order valence-electron chi connectivity index (χ4n) is 2.48. The minimum atomic E-state index is 0. The van der Waals surface area contributed by atoms with Crippen molar-refractivity contribution in [2.75, 3.05) is 20.1 Å². The van der Waals surface area contributed by atoms with Crippen molar-refractivity contribution in [3.05, 3.63) is 35.4 Å². The second-order valence-corrected chi connectivity index (χ2v) is 5.41. The molecule has 1 aliphatic rings. The summed E-state index contributed by atoms with van der Waals surface area (Å²) in [5, 5.41) is 3.36. The second-order valence-electron chi connectivity index (χ2n) is 5.41. The van der Waals surface area contributed by atoms with Crippen LogP contribution in [-0.2, 0) is 6.54 Å². The maximum atomic E-state index is 3.36. The van der Waals surface area contributed by atoms with Crippen molar-refractivity contribution in [2.45, 2.75) is 38.8 Å². The van der Waals surface area contributed by atoms with Crippen LogP contribution in [0.25, 0.3) is 0 Å². The van der Waals surface area contributed by atoms with Crippen molar-refractivity contribution in [1.82, 2.24) is 10.2 Å². The van der Waals surface area contributed by atoms with Gasteiger partial charge in [0.05, 0.1) is 0 Å². The van der Waals surface area contributed by atoms with Crippen molar-refractivity contribution >= 4 is 12.4 Å². The largest absolute Gasteiger partial charge is 0.316 e. The van der Waals surface area contributed by atoms with E-state index >= 15 is 0 Å². The summed E-state index contributed by atoms with van der Waals surface area (Å²) >= 11 is 0. The molecule has 1 N–H and O–H groups in total. The third kappa shape index (κ3) is 3.98. The van der Waals surface area contributed by atoms with Gasteiger partial charge in [-0.25, -0.2) is 0 Å². The Morgan fingerprint density at radius 2 is 1.94 bits per heavy atom. The summed E-state index contributed by atoms with van der Waals surface area (Å²) in [4.78, 5) is 2.53. The Balaban J connectivity index is 0.00000162. The summed E-state index contributed by atoms with van der Waals surface area (Å²) in [6, 6.07) is 9.78. The molecule has 0 radical (unpaired) electrons. The minimum absolute atomic E-state index is 0. The lowest BCUT2D eigenvalue weighted by Crippen LogP contribution is -2.29. The molecule has 1 aromatic carbocycles. The molecular weight excluding hydrogens is 244 g/mol. The van der Waals surface area contributed by atoms with E-state index in [-0.39, 0.29) is 12.4 Å². The molecule has 3 heteroatoms. The van der Waals surface area contributed by atoms with E-state index in [1.807, 2.05) is 0 Å². The average molecular weight is 269 g/mol. The molecule has 1 atom stereocenters. The Hall–Kier alpha value is -0.570. The molecule has 2 rings (SSSR count). The van der Waals surface area contributed by atoms with Crippen LogP contribution in [0.3, 0.4) is 0 Å². The van der Waals surface area contributed by atoms with Crippen LogP contribution in [0.4, 0.5) is 0 Å². The van der Waals surface area contributed by atoms with Crippen molar-refractivity contribution < 1.29 is 0 Å². The first-order valence-electron chi connectivity index (χ1n) is 6.67. The zero-order chi connectivity index (χ0) is 12.3. The van der Waals surface area contributed by atoms with E-state index in [9.17, 15) is 0 Å². The van der Waals surface area contributed by atoms with E-state index < -0.39 is 0 Å². The summed E-state index contributed by atoms with van der Waals surface area (Å²) in [5.41, 5.74) is 2.87. The molecule has 0 amide bonds. The van der Waals surface area contributed by atoms with Crippen LogP contribution in [0.5, 0.6) is 0 Å². The maximum absolute atomic E-state index is 3.36. The summed E-state index contributed by atoms with van der Waals surface area (Å²) < 4.78 is 0. The Morgan fingerprint density at radius 3 is 2.44 bits per heavy atom. The van der Waals surface area contributed by atoms with Crippen molar-refractivity contribution in [1.29, 1.82) is 0 Å². The molecule has 0 spiro atoms. The lowest BCUT2D eigenvalue weighted by molar-refractivity contribution is 0.322. The molecule has 2 nitrogen and oxygen atoms in total. The fourth-order valence-corrected chi connectivity index (χ4v) is 2.48. The van der Waals surface area contributed by atoms with Crippen LogP contribution in [0.2, 0.25) is 0 Å². The van der Waals surface area contributed by atoms with Crippen LogP contribution in [0, 0.1) is 0 Å². The molecule has 1 fully saturated rings. The molecule has 1 saturated heterocycles.